The number of aromatic carboxylic acids is 1. The molecule has 3 aromatic carbocycles. The Morgan fingerprint density at radius 2 is 1.71 bits per heavy atom. The summed E-state index contributed by atoms with van der Waals surface area (Å²) in [7, 11) is 0. The number of amides is 1. The van der Waals surface area contributed by atoms with Crippen LogP contribution in [0.4, 0.5) is 11.4 Å². The van der Waals surface area contributed by atoms with Crippen LogP contribution >= 0.6 is 11.6 Å². The van der Waals surface area contributed by atoms with Crippen molar-refractivity contribution in [2.45, 2.75) is 31.8 Å². The monoisotopic (exact) mass is 435 g/mol. The molecule has 2 N–H and O–H groups in total. The van der Waals surface area contributed by atoms with E-state index in [1.165, 1.54) is 12.1 Å². The number of halogens is 1. The number of benzene rings is 3. The number of carbonyl (C=O) groups excluding carboxylic acids is 1. The Morgan fingerprint density at radius 3 is 2.32 bits per heavy atom. The zero-order chi connectivity index (χ0) is 22.6. The molecule has 3 aromatic rings. The number of nitrogens with zero attached hydrogens (tertiary/aromatic N) is 1. The van der Waals surface area contributed by atoms with Crippen LogP contribution in [0.15, 0.2) is 66.7 Å². The Bertz CT molecular complexity index is 1200. The van der Waals surface area contributed by atoms with Gasteiger partial charge in [-0.3, -0.25) is 9.69 Å². The van der Waals surface area contributed by atoms with Crippen molar-refractivity contribution in [3.8, 4) is 0 Å². The summed E-state index contributed by atoms with van der Waals surface area (Å²) < 4.78 is 0. The number of carboxylic acid groups (broad SMARTS) is 1. The average molecular weight is 436 g/mol. The van der Waals surface area contributed by atoms with Gasteiger partial charge in [-0.1, -0.05) is 41.9 Å². The van der Waals surface area contributed by atoms with E-state index in [1.807, 2.05) is 31.2 Å². The first-order valence-corrected chi connectivity index (χ1v) is 10.2. The zero-order valence-corrected chi connectivity index (χ0v) is 18.1. The molecule has 158 valence electrons. The molecule has 1 atom stereocenters. The summed E-state index contributed by atoms with van der Waals surface area (Å²) in [5.41, 5.74) is 1.44. The molecule has 0 aromatic heterocycles. The van der Waals surface area contributed by atoms with Crippen LogP contribution in [-0.2, 0) is 15.8 Å². The fourth-order valence-corrected chi connectivity index (χ4v) is 4.25. The van der Waals surface area contributed by atoms with Crippen LogP contribution in [-0.4, -0.2) is 22.1 Å². The SMILES string of the molecule is CC(C)(O)c1ccc(C2(C)C(=O)N(c3cccc(C(=O)O)c3)c3ccc(Cl)cc32)cc1. The summed E-state index contributed by atoms with van der Waals surface area (Å²) >= 11 is 6.29. The third-order valence-corrected chi connectivity index (χ3v) is 6.12. The standard InChI is InChI=1S/C25H22ClNO4/c1-24(2,31)16-7-9-17(10-8-16)25(3)20-14-18(26)11-12-21(20)27(23(25)30)19-6-4-5-15(13-19)22(28)29/h4-14,31H,1-3H3,(H,28,29). The molecule has 1 aliphatic rings. The Morgan fingerprint density at radius 1 is 1.03 bits per heavy atom. The lowest BCUT2D eigenvalue weighted by Gasteiger charge is -2.26. The van der Waals surface area contributed by atoms with Gasteiger partial charge in [-0.2, -0.15) is 0 Å². The van der Waals surface area contributed by atoms with Crippen molar-refractivity contribution < 1.29 is 19.8 Å². The first-order valence-electron chi connectivity index (χ1n) is 9.85. The molecule has 6 heteroatoms. The van der Waals surface area contributed by atoms with Crippen molar-refractivity contribution in [1.29, 1.82) is 0 Å². The molecule has 31 heavy (non-hydrogen) atoms. The highest BCUT2D eigenvalue weighted by molar-refractivity contribution is 6.31. The Labute approximate surface area is 185 Å². The van der Waals surface area contributed by atoms with Crippen molar-refractivity contribution in [2.75, 3.05) is 4.90 Å². The van der Waals surface area contributed by atoms with E-state index in [2.05, 4.69) is 0 Å². The van der Waals surface area contributed by atoms with Gasteiger partial charge in [0.1, 0.15) is 0 Å². The molecule has 1 heterocycles. The molecule has 0 bridgehead atoms. The second-order valence-corrected chi connectivity index (χ2v) is 8.86. The number of carbonyl (C=O) groups is 2. The Kier molecular flexibility index (Phi) is 4.91. The highest BCUT2D eigenvalue weighted by atomic mass is 35.5. The molecule has 0 saturated heterocycles. The minimum Gasteiger partial charge on any atom is -0.478 e. The zero-order valence-electron chi connectivity index (χ0n) is 17.4. The van der Waals surface area contributed by atoms with Crippen molar-refractivity contribution in [1.82, 2.24) is 0 Å². The summed E-state index contributed by atoms with van der Waals surface area (Å²) in [6, 6.07) is 18.9. The molecule has 5 nitrogen and oxygen atoms in total. The number of hydrogen-bond donors (Lipinski definition) is 2. The smallest absolute Gasteiger partial charge is 0.335 e. The van der Waals surface area contributed by atoms with Gasteiger partial charge in [0.25, 0.3) is 0 Å². The van der Waals surface area contributed by atoms with E-state index in [9.17, 15) is 19.8 Å². The molecule has 1 unspecified atom stereocenters. The van der Waals surface area contributed by atoms with Crippen LogP contribution in [0.5, 0.6) is 0 Å². The lowest BCUT2D eigenvalue weighted by Crippen LogP contribution is -2.37. The highest BCUT2D eigenvalue weighted by Gasteiger charge is 2.49. The summed E-state index contributed by atoms with van der Waals surface area (Å²) in [6.07, 6.45) is 0. The third-order valence-electron chi connectivity index (χ3n) is 5.89. The predicted molar refractivity (Wildman–Crippen MR) is 120 cm³/mol. The lowest BCUT2D eigenvalue weighted by molar-refractivity contribution is -0.120. The molecule has 4 rings (SSSR count). The van der Waals surface area contributed by atoms with Gasteiger partial charge in [0.05, 0.1) is 22.3 Å². The molecule has 0 fully saturated rings. The number of anilines is 2. The van der Waals surface area contributed by atoms with Gasteiger partial charge in [-0.25, -0.2) is 4.79 Å². The quantitative estimate of drug-likeness (QED) is 0.586. The molecular formula is C25H22ClNO4. The van der Waals surface area contributed by atoms with Crippen molar-refractivity contribution in [2.24, 2.45) is 0 Å². The number of carboxylic acids is 1. The maximum absolute atomic E-state index is 13.8. The summed E-state index contributed by atoms with van der Waals surface area (Å²) in [4.78, 5) is 26.8. The van der Waals surface area contributed by atoms with Gasteiger partial charge in [-0.05, 0) is 73.9 Å². The average Bonchev–Trinajstić information content (AvgIpc) is 2.95. The van der Waals surface area contributed by atoms with Crippen molar-refractivity contribution >= 4 is 34.9 Å². The second-order valence-electron chi connectivity index (χ2n) is 8.42. The minimum absolute atomic E-state index is 0.101. The number of fused-ring (bicyclic) bond motifs is 1. The molecular weight excluding hydrogens is 414 g/mol. The van der Waals surface area contributed by atoms with Gasteiger partial charge < -0.3 is 10.2 Å². The highest BCUT2D eigenvalue weighted by Crippen LogP contribution is 2.49. The van der Waals surface area contributed by atoms with Crippen LogP contribution in [0, 0.1) is 0 Å². The van der Waals surface area contributed by atoms with Crippen LogP contribution in [0.2, 0.25) is 5.02 Å². The van der Waals surface area contributed by atoms with E-state index in [-0.39, 0.29) is 11.5 Å². The topological polar surface area (TPSA) is 77.8 Å². The Balaban J connectivity index is 1.89. The van der Waals surface area contributed by atoms with Crippen molar-refractivity contribution in [3.63, 3.8) is 0 Å². The minimum atomic E-state index is -1.06. The molecule has 0 spiro atoms. The lowest BCUT2D eigenvalue weighted by atomic mass is 9.76. The van der Waals surface area contributed by atoms with E-state index in [0.29, 0.717) is 16.4 Å². The molecule has 0 radical (unpaired) electrons. The van der Waals surface area contributed by atoms with Crippen molar-refractivity contribution in [3.05, 3.63) is 94.0 Å². The van der Waals surface area contributed by atoms with Gasteiger partial charge in [0.15, 0.2) is 0 Å². The van der Waals surface area contributed by atoms with Gasteiger partial charge in [0, 0.05) is 10.7 Å². The largest absolute Gasteiger partial charge is 0.478 e. The second kappa shape index (κ2) is 7.22. The summed E-state index contributed by atoms with van der Waals surface area (Å²) in [5.74, 6) is -1.27. The van der Waals surface area contributed by atoms with E-state index in [4.69, 9.17) is 11.6 Å². The number of hydrogen-bond acceptors (Lipinski definition) is 3. The van der Waals surface area contributed by atoms with E-state index in [1.54, 1.807) is 49.1 Å². The van der Waals surface area contributed by atoms with E-state index < -0.39 is 17.0 Å². The summed E-state index contributed by atoms with van der Waals surface area (Å²) in [5, 5.41) is 20.2. The predicted octanol–water partition coefficient (Wildman–Crippen LogP) is 5.25. The van der Waals surface area contributed by atoms with Crippen LogP contribution in [0.25, 0.3) is 0 Å². The van der Waals surface area contributed by atoms with Crippen LogP contribution in [0.1, 0.15) is 47.8 Å². The number of aliphatic hydroxyl groups is 1. The van der Waals surface area contributed by atoms with Gasteiger partial charge in [0.2, 0.25) is 5.91 Å². The van der Waals surface area contributed by atoms with Crippen LogP contribution < -0.4 is 4.90 Å². The van der Waals surface area contributed by atoms with E-state index >= 15 is 0 Å². The molecule has 0 saturated carbocycles. The molecule has 1 amide bonds. The fraction of sp³-hybridized carbons (Fsp3) is 0.200. The fourth-order valence-electron chi connectivity index (χ4n) is 4.08. The summed E-state index contributed by atoms with van der Waals surface area (Å²) in [6.45, 7) is 5.25. The Hall–Kier alpha value is -3.15. The number of rotatable bonds is 4. The third kappa shape index (κ3) is 3.40. The first-order chi connectivity index (χ1) is 14.5. The van der Waals surface area contributed by atoms with Gasteiger partial charge in [-0.15, -0.1) is 0 Å². The maximum atomic E-state index is 13.8. The molecule has 0 aliphatic carbocycles. The molecule has 1 aliphatic heterocycles. The normalized spacial score (nSPS) is 18.2. The van der Waals surface area contributed by atoms with Crippen LogP contribution in [0.3, 0.4) is 0 Å². The van der Waals surface area contributed by atoms with E-state index in [0.717, 1.165) is 16.7 Å². The van der Waals surface area contributed by atoms with Gasteiger partial charge >= 0.3 is 5.97 Å². The first kappa shape index (κ1) is 21.1. The maximum Gasteiger partial charge on any atom is 0.335 e.